The highest BCUT2D eigenvalue weighted by atomic mass is 32.2. The number of alkyl carbamates (subject to hydrolysis) is 1. The molecule has 0 aliphatic carbocycles. The van der Waals surface area contributed by atoms with Crippen molar-refractivity contribution in [2.45, 2.75) is 63.0 Å². The molecule has 0 unspecified atom stereocenters. The summed E-state index contributed by atoms with van der Waals surface area (Å²) in [6, 6.07) is 11.9. The molecule has 0 saturated carbocycles. The molecule has 1 amide bonds. The van der Waals surface area contributed by atoms with E-state index in [-0.39, 0.29) is 36.9 Å². The zero-order chi connectivity index (χ0) is 30.5. The number of amides is 1. The molecule has 2 aliphatic rings. The van der Waals surface area contributed by atoms with Gasteiger partial charge in [-0.1, -0.05) is 45.0 Å². The van der Waals surface area contributed by atoms with Crippen LogP contribution in [0.5, 0.6) is 5.75 Å². The second-order valence-electron chi connectivity index (χ2n) is 11.5. The van der Waals surface area contributed by atoms with Gasteiger partial charge in [0, 0.05) is 18.7 Å². The fourth-order valence-electron chi connectivity index (χ4n) is 5.27. The number of nitrogens with one attached hydrogen (secondary N) is 1. The first-order chi connectivity index (χ1) is 20.0. The van der Waals surface area contributed by atoms with E-state index in [1.165, 1.54) is 23.5 Å². The molecule has 2 aliphatic heterocycles. The fourth-order valence-corrected chi connectivity index (χ4v) is 6.90. The number of carbonyl (C=O) groups excluding carboxylic acids is 2. The predicted octanol–water partition coefficient (Wildman–Crippen LogP) is 3.00. The van der Waals surface area contributed by atoms with Crippen molar-refractivity contribution in [3.63, 3.8) is 0 Å². The van der Waals surface area contributed by atoms with Crippen LogP contribution >= 0.6 is 0 Å². The number of benzene rings is 2. The lowest BCUT2D eigenvalue weighted by Gasteiger charge is -2.32. The van der Waals surface area contributed by atoms with E-state index in [0.29, 0.717) is 24.3 Å². The Kier molecular flexibility index (Phi) is 10.3. The Labute approximate surface area is 247 Å². The Morgan fingerprint density at radius 3 is 2.45 bits per heavy atom. The van der Waals surface area contributed by atoms with Crippen molar-refractivity contribution >= 4 is 22.4 Å². The normalized spacial score (nSPS) is 23.4. The van der Waals surface area contributed by atoms with E-state index in [0.717, 1.165) is 11.8 Å². The van der Waals surface area contributed by atoms with Gasteiger partial charge < -0.3 is 29.4 Å². The fraction of sp³-hybridized carbons (Fsp3) is 0.533. The summed E-state index contributed by atoms with van der Waals surface area (Å²) in [4.78, 5) is 24.3. The largest absolute Gasteiger partial charge is 0.497 e. The van der Waals surface area contributed by atoms with Gasteiger partial charge >= 0.3 is 6.09 Å². The lowest BCUT2D eigenvalue weighted by Crippen LogP contribution is -2.52. The minimum Gasteiger partial charge on any atom is -0.497 e. The number of nitrogens with zero attached hydrogens (tertiary/aromatic N) is 1. The number of carbonyl (C=O) groups is 2. The highest BCUT2D eigenvalue weighted by Crippen LogP contribution is 2.44. The van der Waals surface area contributed by atoms with Crippen molar-refractivity contribution in [1.82, 2.24) is 9.62 Å². The molecule has 5 atom stereocenters. The van der Waals surface area contributed by atoms with Crippen molar-refractivity contribution in [2.24, 2.45) is 11.3 Å². The van der Waals surface area contributed by atoms with Crippen molar-refractivity contribution < 1.29 is 42.1 Å². The van der Waals surface area contributed by atoms with Crippen LogP contribution in [0.1, 0.15) is 43.1 Å². The molecule has 0 aromatic heterocycles. The summed E-state index contributed by atoms with van der Waals surface area (Å²) < 4.78 is 50.7. The molecule has 0 bridgehead atoms. The van der Waals surface area contributed by atoms with Crippen molar-refractivity contribution in [2.75, 3.05) is 33.4 Å². The number of fused-ring (bicyclic) bond motifs is 1. The van der Waals surface area contributed by atoms with Gasteiger partial charge in [-0.3, -0.25) is 4.79 Å². The summed E-state index contributed by atoms with van der Waals surface area (Å²) in [5.74, 6) is 0.479. The van der Waals surface area contributed by atoms with Crippen LogP contribution in [0.4, 0.5) is 4.79 Å². The zero-order valence-electron chi connectivity index (χ0n) is 24.4. The Balaban J connectivity index is 1.55. The smallest absolute Gasteiger partial charge is 0.407 e. The molecule has 2 fully saturated rings. The number of aliphatic hydroxyl groups is 1. The molecule has 0 spiro atoms. The molecule has 2 heterocycles. The molecule has 2 aromatic carbocycles. The van der Waals surface area contributed by atoms with Crippen LogP contribution in [0.25, 0.3) is 0 Å². The van der Waals surface area contributed by atoms with Crippen LogP contribution in [0.3, 0.4) is 0 Å². The lowest BCUT2D eigenvalue weighted by atomic mass is 9.84. The first-order valence-corrected chi connectivity index (χ1v) is 15.5. The quantitative estimate of drug-likeness (QED) is 0.330. The third-order valence-electron chi connectivity index (χ3n) is 7.83. The Hall–Kier alpha value is -3.03. The summed E-state index contributed by atoms with van der Waals surface area (Å²) in [7, 11) is -2.50. The molecular formula is C30H40N2O9S. The average molecular weight is 605 g/mol. The highest BCUT2D eigenvalue weighted by molar-refractivity contribution is 7.89. The van der Waals surface area contributed by atoms with Crippen LogP contribution in [0, 0.1) is 11.3 Å². The molecule has 2 aromatic rings. The Morgan fingerprint density at radius 2 is 1.83 bits per heavy atom. The van der Waals surface area contributed by atoms with Crippen LogP contribution in [-0.4, -0.2) is 88.2 Å². The van der Waals surface area contributed by atoms with E-state index in [9.17, 15) is 23.1 Å². The maximum atomic E-state index is 13.7. The van der Waals surface area contributed by atoms with Gasteiger partial charge in [-0.2, -0.15) is 4.31 Å². The zero-order valence-corrected chi connectivity index (χ0v) is 25.2. The molecule has 230 valence electrons. The van der Waals surface area contributed by atoms with Gasteiger partial charge in [-0.25, -0.2) is 13.2 Å². The molecule has 2 N–H and O–H groups in total. The van der Waals surface area contributed by atoms with Gasteiger partial charge in [0.05, 0.1) is 42.8 Å². The Morgan fingerprint density at radius 1 is 1.14 bits per heavy atom. The first kappa shape index (κ1) is 31.9. The highest BCUT2D eigenvalue weighted by Gasteiger charge is 2.54. The standard InChI is InChI=1S/C30H40N2O9S/c1-20(2)16-32(42(36,37)24-11-9-23(38-4)10-12-24)17-26(34)25(15-21-5-7-22(18-33)8-6-21)31-29(35)41-27-19-40-28-30(27,3)13-14-39-28/h5-12,18,20,25-28,34H,13-17,19H2,1-4H3,(H,31,35)/t25-,26+,27-,28+,30-/m0/s1. The van der Waals surface area contributed by atoms with Gasteiger partial charge in [-0.05, 0) is 48.6 Å². The predicted molar refractivity (Wildman–Crippen MR) is 154 cm³/mol. The third-order valence-corrected chi connectivity index (χ3v) is 9.67. The van der Waals surface area contributed by atoms with E-state index < -0.39 is 46.1 Å². The van der Waals surface area contributed by atoms with E-state index in [4.69, 9.17) is 18.9 Å². The monoisotopic (exact) mass is 604 g/mol. The number of methoxy groups -OCH3 is 1. The van der Waals surface area contributed by atoms with Gasteiger partial charge in [0.25, 0.3) is 0 Å². The minimum atomic E-state index is -3.99. The molecule has 42 heavy (non-hydrogen) atoms. The second kappa shape index (κ2) is 13.5. The maximum absolute atomic E-state index is 13.7. The van der Waals surface area contributed by atoms with E-state index in [2.05, 4.69) is 5.32 Å². The number of ether oxygens (including phenoxy) is 4. The SMILES string of the molecule is COc1ccc(S(=O)(=O)N(CC(C)C)C[C@@H](O)[C@H](Cc2ccc(C=O)cc2)NC(=O)O[C@H]2CO[C@H]3OCC[C@]32C)cc1. The first-order valence-electron chi connectivity index (χ1n) is 14.0. The summed E-state index contributed by atoms with van der Waals surface area (Å²) >= 11 is 0. The number of hydrogen-bond acceptors (Lipinski definition) is 9. The van der Waals surface area contributed by atoms with E-state index >= 15 is 0 Å². The van der Waals surface area contributed by atoms with Gasteiger partial charge in [-0.15, -0.1) is 0 Å². The molecule has 2 saturated heterocycles. The lowest BCUT2D eigenvalue weighted by molar-refractivity contribution is -0.108. The number of hydrogen-bond donors (Lipinski definition) is 2. The summed E-state index contributed by atoms with van der Waals surface area (Å²) in [6.07, 6.45) is -1.46. The Bertz CT molecular complexity index is 1320. The molecular weight excluding hydrogens is 564 g/mol. The van der Waals surface area contributed by atoms with E-state index in [1.54, 1.807) is 36.4 Å². The molecule has 12 heteroatoms. The number of aldehydes is 1. The van der Waals surface area contributed by atoms with Crippen molar-refractivity contribution in [1.29, 1.82) is 0 Å². The molecule has 4 rings (SSSR count). The third kappa shape index (κ3) is 7.30. The maximum Gasteiger partial charge on any atom is 0.407 e. The van der Waals surface area contributed by atoms with E-state index in [1.807, 2.05) is 20.8 Å². The average Bonchev–Trinajstić information content (AvgIpc) is 3.49. The molecule has 11 nitrogen and oxygen atoms in total. The van der Waals surface area contributed by atoms with Crippen LogP contribution in [0.2, 0.25) is 0 Å². The second-order valence-corrected chi connectivity index (χ2v) is 13.4. The van der Waals surface area contributed by atoms with Gasteiger partial charge in [0.1, 0.15) is 18.1 Å². The molecule has 0 radical (unpaired) electrons. The summed E-state index contributed by atoms with van der Waals surface area (Å²) in [5.41, 5.74) is 0.745. The van der Waals surface area contributed by atoms with Crippen LogP contribution < -0.4 is 10.1 Å². The number of aliphatic hydroxyl groups excluding tert-OH is 1. The van der Waals surface area contributed by atoms with Crippen LogP contribution in [0.15, 0.2) is 53.4 Å². The summed E-state index contributed by atoms with van der Waals surface area (Å²) in [6.45, 7) is 6.29. The minimum absolute atomic E-state index is 0.0397. The number of sulfonamides is 1. The van der Waals surface area contributed by atoms with Crippen LogP contribution in [-0.2, 0) is 30.7 Å². The number of rotatable bonds is 13. The van der Waals surface area contributed by atoms with Crippen molar-refractivity contribution in [3.8, 4) is 5.75 Å². The van der Waals surface area contributed by atoms with Crippen molar-refractivity contribution in [3.05, 3.63) is 59.7 Å². The topological polar surface area (TPSA) is 141 Å². The summed E-state index contributed by atoms with van der Waals surface area (Å²) in [5, 5.41) is 14.2. The van der Waals surface area contributed by atoms with Gasteiger partial charge in [0.15, 0.2) is 6.29 Å². The van der Waals surface area contributed by atoms with Gasteiger partial charge in [0.2, 0.25) is 10.0 Å².